The minimum absolute atomic E-state index is 0.0559. The molecule has 132 valence electrons. The average molecular weight is 345 g/mol. The third kappa shape index (κ3) is 4.23. The van der Waals surface area contributed by atoms with E-state index in [1.54, 1.807) is 26.1 Å². The zero-order valence-corrected chi connectivity index (χ0v) is 14.2. The van der Waals surface area contributed by atoms with Crippen LogP contribution in [0.25, 0.3) is 0 Å². The maximum absolute atomic E-state index is 12.2. The molecule has 0 saturated heterocycles. The lowest BCUT2D eigenvalue weighted by Gasteiger charge is -2.23. The molecule has 2 rings (SSSR count). The van der Waals surface area contributed by atoms with E-state index in [1.807, 2.05) is 6.92 Å². The second-order valence-electron chi connectivity index (χ2n) is 5.64. The van der Waals surface area contributed by atoms with Crippen molar-refractivity contribution in [2.75, 3.05) is 13.6 Å². The van der Waals surface area contributed by atoms with Crippen LogP contribution < -0.4 is 5.32 Å². The molecule has 0 aliphatic heterocycles. The summed E-state index contributed by atoms with van der Waals surface area (Å²) in [7, 11) is 1.62. The average Bonchev–Trinajstić information content (AvgIpc) is 3.12. The number of hydrogen-bond acceptors (Lipinski definition) is 5. The van der Waals surface area contributed by atoms with Gasteiger partial charge in [0.15, 0.2) is 0 Å². The molecular formula is C17H19N3O5. The van der Waals surface area contributed by atoms with E-state index in [2.05, 4.69) is 5.32 Å². The van der Waals surface area contributed by atoms with Gasteiger partial charge in [0.25, 0.3) is 11.6 Å². The minimum atomic E-state index is -0.508. The number of carbonyl (C=O) groups excluding carboxylic acids is 2. The third-order valence-corrected chi connectivity index (χ3v) is 3.99. The topological polar surface area (TPSA) is 106 Å². The highest BCUT2D eigenvalue weighted by atomic mass is 16.6. The smallest absolute Gasteiger partial charge is 0.272 e. The molecule has 0 aliphatic carbocycles. The molecule has 1 atom stereocenters. The summed E-state index contributed by atoms with van der Waals surface area (Å²) in [6, 6.07) is 7.31. The Morgan fingerprint density at radius 2 is 2.08 bits per heavy atom. The maximum Gasteiger partial charge on any atom is 0.272 e. The van der Waals surface area contributed by atoms with Crippen molar-refractivity contribution in [1.29, 1.82) is 0 Å². The second-order valence-corrected chi connectivity index (χ2v) is 5.64. The van der Waals surface area contributed by atoms with Gasteiger partial charge in [-0.05, 0) is 38.1 Å². The van der Waals surface area contributed by atoms with Crippen LogP contribution in [-0.2, 0) is 4.79 Å². The van der Waals surface area contributed by atoms with Crippen molar-refractivity contribution in [3.8, 4) is 0 Å². The van der Waals surface area contributed by atoms with Crippen LogP contribution in [-0.4, -0.2) is 35.2 Å². The molecule has 0 radical (unpaired) electrons. The van der Waals surface area contributed by atoms with E-state index in [0.29, 0.717) is 11.3 Å². The number of amides is 2. The first-order valence-electron chi connectivity index (χ1n) is 7.63. The Labute approximate surface area is 144 Å². The number of nitro groups is 1. The zero-order valence-electron chi connectivity index (χ0n) is 14.2. The normalized spacial score (nSPS) is 11.6. The van der Waals surface area contributed by atoms with Crippen molar-refractivity contribution in [1.82, 2.24) is 10.2 Å². The number of nitro benzene ring substituents is 1. The molecule has 2 aromatic rings. The highest BCUT2D eigenvalue weighted by Crippen LogP contribution is 2.20. The Hall–Kier alpha value is -3.16. The number of nitrogens with one attached hydrogen (secondary N) is 1. The first-order valence-corrected chi connectivity index (χ1v) is 7.63. The molecule has 25 heavy (non-hydrogen) atoms. The fourth-order valence-corrected chi connectivity index (χ4v) is 2.32. The summed E-state index contributed by atoms with van der Waals surface area (Å²) < 4.78 is 5.27. The van der Waals surface area contributed by atoms with Crippen molar-refractivity contribution in [2.45, 2.75) is 19.9 Å². The van der Waals surface area contributed by atoms with Crippen molar-refractivity contribution in [3.05, 3.63) is 63.6 Å². The molecule has 1 aromatic carbocycles. The molecule has 0 spiro atoms. The lowest BCUT2D eigenvalue weighted by molar-refractivity contribution is -0.385. The van der Waals surface area contributed by atoms with E-state index >= 15 is 0 Å². The number of likely N-dealkylation sites (N-methyl/N-ethyl adjacent to an activating group) is 1. The fourth-order valence-electron chi connectivity index (χ4n) is 2.32. The third-order valence-electron chi connectivity index (χ3n) is 3.99. The molecular weight excluding hydrogens is 326 g/mol. The van der Waals surface area contributed by atoms with Crippen LogP contribution >= 0.6 is 0 Å². The Bertz CT molecular complexity index is 786. The van der Waals surface area contributed by atoms with E-state index < -0.39 is 10.8 Å². The van der Waals surface area contributed by atoms with Crippen molar-refractivity contribution in [3.63, 3.8) is 0 Å². The highest BCUT2D eigenvalue weighted by Gasteiger charge is 2.20. The van der Waals surface area contributed by atoms with Gasteiger partial charge in [0.2, 0.25) is 5.91 Å². The number of carbonyl (C=O) groups is 2. The Morgan fingerprint density at radius 1 is 1.36 bits per heavy atom. The number of benzene rings is 1. The summed E-state index contributed by atoms with van der Waals surface area (Å²) in [6.07, 6.45) is 1.53. The molecule has 0 fully saturated rings. The van der Waals surface area contributed by atoms with E-state index in [-0.39, 0.29) is 29.7 Å². The molecule has 0 saturated carbocycles. The van der Waals surface area contributed by atoms with E-state index in [0.717, 1.165) is 0 Å². The SMILES string of the molecule is Cc1cc(C(=O)NCC(=O)N(C)[C@H](C)c2ccco2)ccc1[N+](=O)[O-]. The monoisotopic (exact) mass is 345 g/mol. The van der Waals surface area contributed by atoms with Gasteiger partial charge in [-0.25, -0.2) is 0 Å². The summed E-state index contributed by atoms with van der Waals surface area (Å²) in [5, 5.41) is 13.3. The van der Waals surface area contributed by atoms with Gasteiger partial charge >= 0.3 is 0 Å². The molecule has 8 heteroatoms. The summed E-state index contributed by atoms with van der Waals surface area (Å²) in [5.74, 6) is -0.102. The van der Waals surface area contributed by atoms with Crippen LogP contribution in [0.15, 0.2) is 41.0 Å². The largest absolute Gasteiger partial charge is 0.467 e. The number of rotatable bonds is 6. The molecule has 1 N–H and O–H groups in total. The Balaban J connectivity index is 1.96. The first kappa shape index (κ1) is 18.2. The number of nitrogens with zero attached hydrogens (tertiary/aromatic N) is 2. The first-order chi connectivity index (χ1) is 11.8. The molecule has 0 aliphatic rings. The van der Waals surface area contributed by atoms with Gasteiger partial charge in [0.05, 0.1) is 23.8 Å². The quantitative estimate of drug-likeness (QED) is 0.639. The van der Waals surface area contributed by atoms with Crippen LogP contribution in [0.2, 0.25) is 0 Å². The van der Waals surface area contributed by atoms with Crippen LogP contribution in [0, 0.1) is 17.0 Å². The van der Waals surface area contributed by atoms with Crippen molar-refractivity contribution < 1.29 is 18.9 Å². The number of hydrogen-bond donors (Lipinski definition) is 1. The summed E-state index contributed by atoms with van der Waals surface area (Å²) in [5.41, 5.74) is 0.588. The lowest BCUT2D eigenvalue weighted by Crippen LogP contribution is -2.39. The maximum atomic E-state index is 12.2. The highest BCUT2D eigenvalue weighted by molar-refractivity contribution is 5.96. The van der Waals surface area contributed by atoms with Gasteiger partial charge in [-0.1, -0.05) is 0 Å². The molecule has 8 nitrogen and oxygen atoms in total. The van der Waals surface area contributed by atoms with Crippen molar-refractivity contribution >= 4 is 17.5 Å². The zero-order chi connectivity index (χ0) is 18.6. The minimum Gasteiger partial charge on any atom is -0.467 e. The Kier molecular flexibility index (Phi) is 5.53. The molecule has 1 aromatic heterocycles. The molecule has 0 bridgehead atoms. The molecule has 2 amide bonds. The van der Waals surface area contributed by atoms with Gasteiger partial charge in [-0.2, -0.15) is 0 Å². The van der Waals surface area contributed by atoms with Crippen molar-refractivity contribution in [2.24, 2.45) is 0 Å². The van der Waals surface area contributed by atoms with Crippen LogP contribution in [0.4, 0.5) is 5.69 Å². The summed E-state index contributed by atoms with van der Waals surface area (Å²) in [4.78, 5) is 36.1. The van der Waals surface area contributed by atoms with Crippen LogP contribution in [0.1, 0.15) is 34.6 Å². The summed E-state index contributed by atoms with van der Waals surface area (Å²) in [6.45, 7) is 3.19. The second kappa shape index (κ2) is 7.61. The van der Waals surface area contributed by atoms with Crippen LogP contribution in [0.3, 0.4) is 0 Å². The standard InChI is InChI=1S/C17H19N3O5/c1-11-9-13(6-7-14(11)20(23)24)17(22)18-10-16(21)19(3)12(2)15-5-4-8-25-15/h4-9,12H,10H2,1-3H3,(H,18,22)/t12-/m1/s1. The number of furan rings is 1. The van der Waals surface area contributed by atoms with E-state index in [9.17, 15) is 19.7 Å². The van der Waals surface area contributed by atoms with Gasteiger partial charge in [0.1, 0.15) is 5.76 Å². The van der Waals surface area contributed by atoms with Gasteiger partial charge in [-0.3, -0.25) is 19.7 Å². The lowest BCUT2D eigenvalue weighted by atomic mass is 10.1. The molecule has 1 heterocycles. The summed E-state index contributed by atoms with van der Waals surface area (Å²) >= 11 is 0. The number of aryl methyl sites for hydroxylation is 1. The van der Waals surface area contributed by atoms with Crippen LogP contribution in [0.5, 0.6) is 0 Å². The Morgan fingerprint density at radius 3 is 2.64 bits per heavy atom. The predicted molar refractivity (Wildman–Crippen MR) is 90.1 cm³/mol. The molecule has 0 unspecified atom stereocenters. The van der Waals surface area contributed by atoms with Gasteiger partial charge in [0, 0.05) is 24.2 Å². The van der Waals surface area contributed by atoms with Gasteiger partial charge < -0.3 is 14.6 Å². The van der Waals surface area contributed by atoms with Gasteiger partial charge in [-0.15, -0.1) is 0 Å². The van der Waals surface area contributed by atoms with E-state index in [4.69, 9.17) is 4.42 Å². The predicted octanol–water partition coefficient (Wildman–Crippen LogP) is 2.45. The van der Waals surface area contributed by atoms with E-state index in [1.165, 1.54) is 29.4 Å². The fraction of sp³-hybridized carbons (Fsp3) is 0.294.